The van der Waals surface area contributed by atoms with E-state index in [9.17, 15) is 14.9 Å². The third kappa shape index (κ3) is 3.84. The van der Waals surface area contributed by atoms with Crippen LogP contribution in [0.5, 0.6) is 0 Å². The lowest BCUT2D eigenvalue weighted by Crippen LogP contribution is -2.29. The summed E-state index contributed by atoms with van der Waals surface area (Å²) in [5.41, 5.74) is 2.10. The molecule has 1 saturated heterocycles. The second-order valence-electron chi connectivity index (χ2n) is 5.35. The molecule has 2 aromatic carbocycles. The van der Waals surface area contributed by atoms with Gasteiger partial charge in [0.05, 0.1) is 17.2 Å². The number of nitrogens with one attached hydrogen (secondary N) is 1. The molecule has 1 aliphatic heterocycles. The molecule has 0 saturated carbocycles. The van der Waals surface area contributed by atoms with Crippen molar-refractivity contribution in [2.24, 2.45) is 0 Å². The number of nitro benzene ring substituents is 1. The number of carbonyl (C=O) groups excluding carboxylic acids is 1. The highest BCUT2D eigenvalue weighted by atomic mass is 35.5. The number of hydrogen-bond donors (Lipinski definition) is 1. The number of nitrogens with zero attached hydrogens (tertiary/aromatic N) is 2. The number of amides is 2. The quantitative estimate of drug-likeness (QED) is 0.378. The summed E-state index contributed by atoms with van der Waals surface area (Å²) in [5, 5.41) is 14.0. The van der Waals surface area contributed by atoms with Crippen LogP contribution in [-0.2, 0) is 6.54 Å². The number of hydrogen-bond acceptors (Lipinski definition) is 4. The van der Waals surface area contributed by atoms with E-state index in [4.69, 9.17) is 23.8 Å². The zero-order valence-corrected chi connectivity index (χ0v) is 14.4. The van der Waals surface area contributed by atoms with Gasteiger partial charge in [-0.15, -0.1) is 0 Å². The van der Waals surface area contributed by atoms with Gasteiger partial charge in [-0.3, -0.25) is 15.0 Å². The summed E-state index contributed by atoms with van der Waals surface area (Å²) >= 11 is 11.2. The van der Waals surface area contributed by atoms with Crippen molar-refractivity contribution < 1.29 is 9.72 Å². The number of halogens is 1. The Kier molecular flexibility index (Phi) is 4.78. The molecule has 0 bridgehead atoms. The molecule has 0 unspecified atom stereocenters. The normalized spacial score (nSPS) is 15.6. The fourth-order valence-electron chi connectivity index (χ4n) is 2.35. The van der Waals surface area contributed by atoms with E-state index in [1.807, 2.05) is 12.1 Å². The molecule has 0 radical (unpaired) electrons. The van der Waals surface area contributed by atoms with Crippen molar-refractivity contribution in [1.82, 2.24) is 10.2 Å². The van der Waals surface area contributed by atoms with Crippen LogP contribution in [-0.4, -0.2) is 20.8 Å². The minimum Gasteiger partial charge on any atom is -0.305 e. The smallest absolute Gasteiger partial charge is 0.305 e. The van der Waals surface area contributed by atoms with Crippen LogP contribution in [0.2, 0.25) is 5.02 Å². The van der Waals surface area contributed by atoms with Crippen molar-refractivity contribution in [1.29, 1.82) is 0 Å². The van der Waals surface area contributed by atoms with Crippen molar-refractivity contribution in [3.05, 3.63) is 80.5 Å². The molecule has 8 heteroatoms. The van der Waals surface area contributed by atoms with Crippen molar-refractivity contribution in [2.45, 2.75) is 6.54 Å². The van der Waals surface area contributed by atoms with Crippen molar-refractivity contribution >= 4 is 46.6 Å². The Morgan fingerprint density at radius 2 is 1.80 bits per heavy atom. The molecule has 0 aromatic heterocycles. The van der Waals surface area contributed by atoms with Gasteiger partial charge in [0, 0.05) is 17.2 Å². The molecular formula is C17H12ClN3O3S. The Hall–Kier alpha value is -2.77. The van der Waals surface area contributed by atoms with Crippen LogP contribution in [0.3, 0.4) is 0 Å². The Balaban J connectivity index is 1.78. The molecule has 2 aromatic rings. The van der Waals surface area contributed by atoms with E-state index in [1.165, 1.54) is 17.0 Å². The number of non-ortho nitro benzene ring substituents is 1. The van der Waals surface area contributed by atoms with E-state index in [0.29, 0.717) is 27.8 Å². The predicted molar refractivity (Wildman–Crippen MR) is 99.2 cm³/mol. The molecule has 1 fully saturated rings. The number of nitro groups is 1. The van der Waals surface area contributed by atoms with Crippen LogP contribution in [0.25, 0.3) is 6.08 Å². The van der Waals surface area contributed by atoms with Gasteiger partial charge in [-0.2, -0.15) is 0 Å². The summed E-state index contributed by atoms with van der Waals surface area (Å²) in [6.07, 6.45) is 1.69. The van der Waals surface area contributed by atoms with E-state index in [-0.39, 0.29) is 11.7 Å². The van der Waals surface area contributed by atoms with Crippen LogP contribution in [0, 0.1) is 10.1 Å². The maximum Gasteiger partial charge on any atom is 0.327 e. The van der Waals surface area contributed by atoms with Gasteiger partial charge in [0.1, 0.15) is 4.99 Å². The van der Waals surface area contributed by atoms with Crippen LogP contribution in [0.15, 0.2) is 54.2 Å². The van der Waals surface area contributed by atoms with E-state index in [2.05, 4.69) is 5.32 Å². The maximum absolute atomic E-state index is 12.2. The maximum atomic E-state index is 12.2. The van der Waals surface area contributed by atoms with Gasteiger partial charge in [-0.25, -0.2) is 4.79 Å². The molecule has 1 N–H and O–H groups in total. The molecule has 126 valence electrons. The topological polar surface area (TPSA) is 75.5 Å². The van der Waals surface area contributed by atoms with Crippen LogP contribution < -0.4 is 5.32 Å². The SMILES string of the molecule is O=C1N/C(=C/c2ccc([N+](=O)[O-])cc2)C(=S)N1Cc1ccc(Cl)cc1. The van der Waals surface area contributed by atoms with E-state index >= 15 is 0 Å². The highest BCUT2D eigenvalue weighted by molar-refractivity contribution is 7.80. The fourth-order valence-corrected chi connectivity index (χ4v) is 2.73. The monoisotopic (exact) mass is 373 g/mol. The Labute approximate surface area is 153 Å². The predicted octanol–water partition coefficient (Wildman–Crippen LogP) is 4.14. The van der Waals surface area contributed by atoms with Crippen LogP contribution in [0.4, 0.5) is 10.5 Å². The molecule has 6 nitrogen and oxygen atoms in total. The van der Waals surface area contributed by atoms with E-state index in [1.54, 1.807) is 30.3 Å². The summed E-state index contributed by atoms with van der Waals surface area (Å²) < 4.78 is 0. The molecule has 1 heterocycles. The highest BCUT2D eigenvalue weighted by Gasteiger charge is 2.30. The minimum absolute atomic E-state index is 0.00421. The summed E-state index contributed by atoms with van der Waals surface area (Å²) in [6, 6.07) is 12.8. The van der Waals surface area contributed by atoms with Crippen LogP contribution >= 0.6 is 23.8 Å². The first-order chi connectivity index (χ1) is 11.9. The van der Waals surface area contributed by atoms with Gasteiger partial charge in [-0.1, -0.05) is 36.0 Å². The first-order valence-electron chi connectivity index (χ1n) is 7.27. The number of urea groups is 1. The first-order valence-corrected chi connectivity index (χ1v) is 8.06. The lowest BCUT2D eigenvalue weighted by atomic mass is 10.1. The summed E-state index contributed by atoms with van der Waals surface area (Å²) in [6.45, 7) is 0.333. The fraction of sp³-hybridized carbons (Fsp3) is 0.0588. The van der Waals surface area contributed by atoms with E-state index < -0.39 is 4.92 Å². The van der Waals surface area contributed by atoms with Crippen molar-refractivity contribution in [3.8, 4) is 0 Å². The molecule has 1 aliphatic rings. The third-order valence-electron chi connectivity index (χ3n) is 3.63. The number of thiocarbonyl (C=S) groups is 1. The molecule has 2 amide bonds. The van der Waals surface area contributed by atoms with Gasteiger partial charge < -0.3 is 5.32 Å². The average molecular weight is 374 g/mol. The van der Waals surface area contributed by atoms with Gasteiger partial charge in [0.25, 0.3) is 5.69 Å². The molecule has 25 heavy (non-hydrogen) atoms. The second-order valence-corrected chi connectivity index (χ2v) is 6.18. The summed E-state index contributed by atoms with van der Waals surface area (Å²) in [7, 11) is 0. The Morgan fingerprint density at radius 3 is 2.40 bits per heavy atom. The minimum atomic E-state index is -0.466. The Morgan fingerprint density at radius 1 is 1.16 bits per heavy atom. The van der Waals surface area contributed by atoms with Gasteiger partial charge >= 0.3 is 6.03 Å². The summed E-state index contributed by atoms with van der Waals surface area (Å²) in [5.74, 6) is 0. The molecular weight excluding hydrogens is 362 g/mol. The number of rotatable bonds is 4. The molecule has 0 atom stereocenters. The molecule has 3 rings (SSSR count). The van der Waals surface area contributed by atoms with Gasteiger partial charge in [0.15, 0.2) is 0 Å². The first kappa shape index (κ1) is 17.1. The largest absolute Gasteiger partial charge is 0.327 e. The standard InChI is InChI=1S/C17H12ClN3O3S/c18-13-5-1-12(2-6-13)10-20-16(25)15(19-17(20)22)9-11-3-7-14(8-4-11)21(23)24/h1-9H,10H2,(H,19,22)/b15-9+. The number of benzene rings is 2. The van der Waals surface area contributed by atoms with Crippen molar-refractivity contribution in [2.75, 3.05) is 0 Å². The molecule has 0 spiro atoms. The van der Waals surface area contributed by atoms with Crippen LogP contribution in [0.1, 0.15) is 11.1 Å². The summed E-state index contributed by atoms with van der Waals surface area (Å²) in [4.78, 5) is 24.2. The number of carbonyl (C=O) groups is 1. The lowest BCUT2D eigenvalue weighted by molar-refractivity contribution is -0.384. The zero-order valence-electron chi connectivity index (χ0n) is 12.8. The molecule has 0 aliphatic carbocycles. The van der Waals surface area contributed by atoms with Gasteiger partial charge in [0.2, 0.25) is 0 Å². The lowest BCUT2D eigenvalue weighted by Gasteiger charge is -2.13. The zero-order chi connectivity index (χ0) is 18.0. The highest BCUT2D eigenvalue weighted by Crippen LogP contribution is 2.20. The Bertz CT molecular complexity index is 879. The van der Waals surface area contributed by atoms with E-state index in [0.717, 1.165) is 5.56 Å². The third-order valence-corrected chi connectivity index (χ3v) is 4.32. The average Bonchev–Trinajstić information content (AvgIpc) is 2.85. The van der Waals surface area contributed by atoms with Gasteiger partial charge in [-0.05, 0) is 41.5 Å². The second kappa shape index (κ2) is 7.00. The van der Waals surface area contributed by atoms with Crippen molar-refractivity contribution in [3.63, 3.8) is 0 Å².